The van der Waals surface area contributed by atoms with E-state index >= 15 is 0 Å². The second-order valence-electron chi connectivity index (χ2n) is 18.6. The van der Waals surface area contributed by atoms with Gasteiger partial charge in [-0.1, -0.05) is 230 Å². The van der Waals surface area contributed by atoms with E-state index in [1.807, 2.05) is 36.4 Å². The molecule has 0 spiro atoms. The third-order valence-electron chi connectivity index (χ3n) is 13.0. The summed E-state index contributed by atoms with van der Waals surface area (Å²) in [5, 5.41) is 3.08. The Labute approximate surface area is 410 Å². The molecule has 4 aromatic rings. The standard InChI is InChI=1S/2C28H44O3S.Zn/c2*1-3-5-7-9-11-13-15-17-24-19-21-26-27(23-24)25(20-22-28(26)32(29,30)31)18-16-14-12-10-8-6-4-2;/h2*19-23H,3-18H2,1-2H3,(H,29,30,31);/q;;+2/p-2. The van der Waals surface area contributed by atoms with E-state index in [9.17, 15) is 25.9 Å². The molecule has 0 aromatic heterocycles. The minimum absolute atomic E-state index is 0. The second-order valence-corrected chi connectivity index (χ2v) is 21.3. The molecule has 0 saturated carbocycles. The minimum Gasteiger partial charge on any atom is -0.744 e. The molecular weight excluding hydrogens is 898 g/mol. The van der Waals surface area contributed by atoms with Crippen molar-refractivity contribution in [3.05, 3.63) is 82.9 Å². The van der Waals surface area contributed by atoms with Crippen molar-refractivity contribution in [2.75, 3.05) is 0 Å². The number of hydrogen-bond acceptors (Lipinski definition) is 6. The smallest absolute Gasteiger partial charge is 0.744 e. The summed E-state index contributed by atoms with van der Waals surface area (Å²) < 4.78 is 70.8. The van der Waals surface area contributed by atoms with Gasteiger partial charge in [0.1, 0.15) is 20.2 Å². The zero-order valence-electron chi connectivity index (χ0n) is 41.4. The number of hydrogen-bond donors (Lipinski definition) is 0. The first-order valence-electron chi connectivity index (χ1n) is 25.9. The molecule has 360 valence electrons. The van der Waals surface area contributed by atoms with Crippen LogP contribution in [0.3, 0.4) is 0 Å². The molecule has 6 nitrogen and oxygen atoms in total. The van der Waals surface area contributed by atoms with Crippen molar-refractivity contribution in [3.63, 3.8) is 0 Å². The van der Waals surface area contributed by atoms with Crippen molar-refractivity contribution < 1.29 is 45.4 Å². The van der Waals surface area contributed by atoms with E-state index in [4.69, 9.17) is 0 Å². The van der Waals surface area contributed by atoms with Gasteiger partial charge >= 0.3 is 19.5 Å². The third kappa shape index (κ3) is 23.1. The molecule has 0 atom stereocenters. The van der Waals surface area contributed by atoms with E-state index in [2.05, 4.69) is 39.8 Å². The Morgan fingerprint density at radius 1 is 0.323 bits per heavy atom. The molecule has 0 aliphatic rings. The number of rotatable bonds is 34. The summed E-state index contributed by atoms with van der Waals surface area (Å²) in [5.41, 5.74) is 4.82. The summed E-state index contributed by atoms with van der Waals surface area (Å²) in [6.45, 7) is 8.95. The van der Waals surface area contributed by atoms with Gasteiger partial charge in [-0.3, -0.25) is 0 Å². The molecular formula is C56H86O6S2Zn. The average molecular weight is 985 g/mol. The number of benzene rings is 4. The molecule has 0 N–H and O–H groups in total. The van der Waals surface area contributed by atoms with Crippen molar-refractivity contribution >= 4 is 41.8 Å². The summed E-state index contributed by atoms with van der Waals surface area (Å²) >= 11 is 0. The quantitative estimate of drug-likeness (QED) is 0.0262. The van der Waals surface area contributed by atoms with Crippen LogP contribution in [0.15, 0.2) is 70.5 Å². The van der Waals surface area contributed by atoms with E-state index in [0.717, 1.165) is 62.1 Å². The van der Waals surface area contributed by atoms with Gasteiger partial charge in [-0.05, 0) is 107 Å². The van der Waals surface area contributed by atoms with Crippen LogP contribution in [0.1, 0.15) is 230 Å². The van der Waals surface area contributed by atoms with E-state index in [1.165, 1.54) is 188 Å². The predicted molar refractivity (Wildman–Crippen MR) is 271 cm³/mol. The van der Waals surface area contributed by atoms with Gasteiger partial charge in [-0.15, -0.1) is 0 Å². The largest absolute Gasteiger partial charge is 2.00 e. The number of aryl methyl sites for hydroxylation is 4. The van der Waals surface area contributed by atoms with Crippen molar-refractivity contribution in [1.82, 2.24) is 0 Å². The Kier molecular flexibility index (Phi) is 31.0. The van der Waals surface area contributed by atoms with Gasteiger partial charge in [0.05, 0.1) is 9.79 Å². The Hall–Kier alpha value is -2.16. The molecule has 65 heavy (non-hydrogen) atoms. The van der Waals surface area contributed by atoms with Crippen molar-refractivity contribution in [2.24, 2.45) is 0 Å². The van der Waals surface area contributed by atoms with Crippen LogP contribution >= 0.6 is 0 Å². The van der Waals surface area contributed by atoms with Crippen LogP contribution < -0.4 is 0 Å². The van der Waals surface area contributed by atoms with Crippen LogP contribution in [0, 0.1) is 0 Å². The maximum Gasteiger partial charge on any atom is 2.00 e. The van der Waals surface area contributed by atoms with Crippen LogP contribution in [-0.4, -0.2) is 25.9 Å². The summed E-state index contributed by atoms with van der Waals surface area (Å²) in [4.78, 5) is -0.170. The van der Waals surface area contributed by atoms with Gasteiger partial charge in [-0.2, -0.15) is 0 Å². The van der Waals surface area contributed by atoms with E-state index < -0.39 is 20.2 Å². The summed E-state index contributed by atoms with van der Waals surface area (Å²) in [6.07, 6.45) is 39.3. The molecule has 4 aromatic carbocycles. The zero-order chi connectivity index (χ0) is 46.5. The topological polar surface area (TPSA) is 114 Å². The van der Waals surface area contributed by atoms with Crippen LogP contribution in [0.5, 0.6) is 0 Å². The zero-order valence-corrected chi connectivity index (χ0v) is 46.0. The third-order valence-corrected chi connectivity index (χ3v) is 14.8. The molecule has 0 aliphatic carbocycles. The van der Waals surface area contributed by atoms with Crippen LogP contribution in [-0.2, 0) is 65.4 Å². The fraction of sp³-hybridized carbons (Fsp3) is 0.643. The van der Waals surface area contributed by atoms with Crippen molar-refractivity contribution in [1.29, 1.82) is 0 Å². The SMILES string of the molecule is CCCCCCCCCc1ccc2c(S(=O)(=O)[O-])ccc(CCCCCCCCC)c2c1.CCCCCCCCCc1ccc2c(S(=O)(=O)[O-])ccc(CCCCCCCCC)c2c1.[Zn+2]. The van der Waals surface area contributed by atoms with Gasteiger partial charge in [0.2, 0.25) is 0 Å². The molecule has 0 heterocycles. The van der Waals surface area contributed by atoms with Crippen molar-refractivity contribution in [2.45, 2.75) is 243 Å². The van der Waals surface area contributed by atoms with Crippen LogP contribution in [0.4, 0.5) is 0 Å². The Balaban J connectivity index is 0.000000440. The summed E-state index contributed by atoms with van der Waals surface area (Å²) in [6, 6.07) is 18.7. The molecule has 0 saturated heterocycles. The Morgan fingerprint density at radius 2 is 0.585 bits per heavy atom. The first-order valence-corrected chi connectivity index (χ1v) is 28.8. The van der Waals surface area contributed by atoms with Crippen molar-refractivity contribution in [3.8, 4) is 0 Å². The van der Waals surface area contributed by atoms with E-state index in [0.29, 0.717) is 10.8 Å². The van der Waals surface area contributed by atoms with Gasteiger partial charge in [-0.25, -0.2) is 16.8 Å². The van der Waals surface area contributed by atoms with Gasteiger partial charge < -0.3 is 9.11 Å². The van der Waals surface area contributed by atoms with Gasteiger partial charge in [0, 0.05) is 0 Å². The fourth-order valence-corrected chi connectivity index (χ4v) is 10.5. The fourth-order valence-electron chi connectivity index (χ4n) is 9.16. The summed E-state index contributed by atoms with van der Waals surface area (Å²) in [7, 11) is -8.96. The minimum atomic E-state index is -4.48. The second kappa shape index (κ2) is 34.2. The van der Waals surface area contributed by atoms with Crippen LogP contribution in [0.25, 0.3) is 21.5 Å². The molecule has 4 rings (SSSR count). The maximum atomic E-state index is 11.8. The average Bonchev–Trinajstić information content (AvgIpc) is 3.27. The maximum absolute atomic E-state index is 11.8. The molecule has 0 radical (unpaired) electrons. The molecule has 0 bridgehead atoms. The van der Waals surface area contributed by atoms with Gasteiger partial charge in [0.15, 0.2) is 0 Å². The first kappa shape index (κ1) is 59.0. The number of unbranched alkanes of at least 4 members (excludes halogenated alkanes) is 24. The van der Waals surface area contributed by atoms with E-state index in [-0.39, 0.29) is 29.3 Å². The summed E-state index contributed by atoms with van der Waals surface area (Å²) in [5.74, 6) is 0. The first-order chi connectivity index (χ1) is 30.9. The monoisotopic (exact) mass is 983 g/mol. The van der Waals surface area contributed by atoms with E-state index in [1.54, 1.807) is 0 Å². The number of fused-ring (bicyclic) bond motifs is 2. The molecule has 0 unspecified atom stereocenters. The molecule has 0 amide bonds. The predicted octanol–water partition coefficient (Wildman–Crippen LogP) is 16.7. The molecule has 9 heteroatoms. The van der Waals surface area contributed by atoms with Crippen LogP contribution in [0.2, 0.25) is 0 Å². The normalized spacial score (nSPS) is 11.8. The molecule has 0 aliphatic heterocycles. The Bertz CT molecular complexity index is 1960. The van der Waals surface area contributed by atoms with Gasteiger partial charge in [0.25, 0.3) is 0 Å². The molecule has 0 fully saturated rings. The Morgan fingerprint density at radius 3 is 0.862 bits per heavy atom.